The van der Waals surface area contributed by atoms with Crippen LogP contribution in [0.2, 0.25) is 0 Å². The Bertz CT molecular complexity index is 163. The number of aliphatic hydroxyl groups excluding tert-OH is 1. The number of hydrogen-bond donors (Lipinski definition) is 1. The van der Waals surface area contributed by atoms with Crippen LogP contribution in [-0.4, -0.2) is 28.2 Å². The van der Waals surface area contributed by atoms with E-state index in [0.29, 0.717) is 11.2 Å². The normalized spacial score (nSPS) is 11.5. The van der Waals surface area contributed by atoms with Crippen molar-refractivity contribution in [1.29, 1.82) is 0 Å². The molecule has 0 aromatic carbocycles. The Labute approximate surface area is 120 Å². The zero-order valence-corrected chi connectivity index (χ0v) is 13.8. The zero-order chi connectivity index (χ0) is 13.5. The predicted molar refractivity (Wildman–Crippen MR) is 83.5 cm³/mol. The third-order valence-corrected chi connectivity index (χ3v) is 3.29. The van der Waals surface area contributed by atoms with Gasteiger partial charge in [-0.05, 0) is 45.3 Å². The fourth-order valence-corrected chi connectivity index (χ4v) is 2.23. The second kappa shape index (κ2) is 16.3. The Hall–Kier alpha value is 0.330. The highest BCUT2D eigenvalue weighted by molar-refractivity contribution is 9.09. The van der Waals surface area contributed by atoms with Crippen LogP contribution in [0.25, 0.3) is 0 Å². The molecular weight excluding hydrogens is 300 g/mol. The fourth-order valence-electron chi connectivity index (χ4n) is 1.30. The highest BCUT2D eigenvalue weighted by Gasteiger charge is 2.02. The molecule has 0 aliphatic rings. The van der Waals surface area contributed by atoms with Crippen LogP contribution in [0.5, 0.6) is 0 Å². The summed E-state index contributed by atoms with van der Waals surface area (Å²) in [7, 11) is 0. The highest BCUT2D eigenvalue weighted by atomic mass is 79.9. The average molecular weight is 327 g/mol. The lowest BCUT2D eigenvalue weighted by Crippen LogP contribution is -1.98. The summed E-state index contributed by atoms with van der Waals surface area (Å²) in [4.78, 5) is 0.648. The number of halogens is 1. The van der Waals surface area contributed by atoms with Crippen molar-refractivity contribution in [1.82, 2.24) is 0 Å². The molecule has 1 atom stereocenters. The molecule has 0 saturated carbocycles. The van der Waals surface area contributed by atoms with Gasteiger partial charge in [0.25, 0.3) is 0 Å². The van der Waals surface area contributed by atoms with Gasteiger partial charge in [0.1, 0.15) is 0 Å². The molecule has 2 nitrogen and oxygen atoms in total. The number of thiocarbonyl (C=S) groups is 1. The molecule has 0 radical (unpaired) electrons. The topological polar surface area (TPSA) is 29.5 Å². The maximum Gasteiger partial charge on any atom is 0.156 e. The van der Waals surface area contributed by atoms with E-state index in [-0.39, 0.29) is 5.05 Å². The van der Waals surface area contributed by atoms with Crippen molar-refractivity contribution in [2.45, 2.75) is 64.1 Å². The van der Waals surface area contributed by atoms with Gasteiger partial charge in [0.2, 0.25) is 0 Å². The first-order valence-electron chi connectivity index (χ1n) is 6.51. The summed E-state index contributed by atoms with van der Waals surface area (Å²) < 4.78 is 4.83. The van der Waals surface area contributed by atoms with E-state index in [1.165, 1.54) is 19.3 Å². The predicted octanol–water partition coefficient (Wildman–Crippen LogP) is 5.04. The minimum Gasteiger partial charge on any atom is -0.502 e. The number of hydrogen-bond acceptors (Lipinski definition) is 2. The SMILES string of the molecule is CCCC(Br)CCCCC(O)=S.CCOCC. The van der Waals surface area contributed by atoms with Crippen molar-refractivity contribution in [2.24, 2.45) is 0 Å². The molecule has 0 aliphatic heterocycles. The van der Waals surface area contributed by atoms with Crippen molar-refractivity contribution < 1.29 is 9.84 Å². The van der Waals surface area contributed by atoms with Gasteiger partial charge >= 0.3 is 0 Å². The molecule has 104 valence electrons. The van der Waals surface area contributed by atoms with Gasteiger partial charge in [0.15, 0.2) is 5.05 Å². The van der Waals surface area contributed by atoms with Gasteiger partial charge in [0.05, 0.1) is 0 Å². The van der Waals surface area contributed by atoms with Crippen LogP contribution < -0.4 is 0 Å². The van der Waals surface area contributed by atoms with E-state index >= 15 is 0 Å². The molecule has 0 amide bonds. The van der Waals surface area contributed by atoms with Crippen LogP contribution in [0.1, 0.15) is 59.3 Å². The second-order valence-electron chi connectivity index (χ2n) is 3.81. The van der Waals surface area contributed by atoms with Crippen LogP contribution >= 0.6 is 28.1 Å². The third-order valence-electron chi connectivity index (χ3n) is 2.17. The summed E-state index contributed by atoms with van der Waals surface area (Å²) >= 11 is 8.18. The van der Waals surface area contributed by atoms with E-state index < -0.39 is 0 Å². The molecule has 0 aliphatic carbocycles. The third kappa shape index (κ3) is 22.1. The number of ether oxygens (including phenoxy) is 1. The van der Waals surface area contributed by atoms with Crippen LogP contribution in [0, 0.1) is 0 Å². The summed E-state index contributed by atoms with van der Waals surface area (Å²) in [6, 6.07) is 0. The monoisotopic (exact) mass is 326 g/mol. The van der Waals surface area contributed by atoms with Gasteiger partial charge in [-0.15, -0.1) is 0 Å². The lowest BCUT2D eigenvalue weighted by molar-refractivity contribution is 0.162. The minimum atomic E-state index is 0.150. The quantitative estimate of drug-likeness (QED) is 0.365. The molecule has 1 N–H and O–H groups in total. The van der Waals surface area contributed by atoms with Crippen molar-refractivity contribution in [3.63, 3.8) is 0 Å². The molecule has 0 rings (SSSR count). The maximum absolute atomic E-state index is 8.74. The summed E-state index contributed by atoms with van der Waals surface area (Å²) in [6.45, 7) is 7.86. The van der Waals surface area contributed by atoms with Crippen molar-refractivity contribution >= 4 is 33.2 Å². The van der Waals surface area contributed by atoms with E-state index in [1.54, 1.807) is 0 Å². The van der Waals surface area contributed by atoms with E-state index in [9.17, 15) is 0 Å². The first-order valence-corrected chi connectivity index (χ1v) is 7.84. The fraction of sp³-hybridized carbons (Fsp3) is 0.923. The second-order valence-corrected chi connectivity index (χ2v) is 5.57. The Morgan fingerprint density at radius 1 is 1.18 bits per heavy atom. The minimum absolute atomic E-state index is 0.150. The Morgan fingerprint density at radius 3 is 2.12 bits per heavy atom. The van der Waals surface area contributed by atoms with Crippen molar-refractivity contribution in [2.75, 3.05) is 13.2 Å². The van der Waals surface area contributed by atoms with Gasteiger partial charge < -0.3 is 9.84 Å². The van der Waals surface area contributed by atoms with Crippen molar-refractivity contribution in [3.8, 4) is 0 Å². The van der Waals surface area contributed by atoms with Crippen LogP contribution in [0.15, 0.2) is 0 Å². The van der Waals surface area contributed by atoms with Crippen LogP contribution in [-0.2, 0) is 4.74 Å². The molecule has 0 aromatic rings. The molecular formula is C13H27BrO2S. The van der Waals surface area contributed by atoms with E-state index in [1.807, 2.05) is 13.8 Å². The molecule has 0 spiro atoms. The van der Waals surface area contributed by atoms with Crippen LogP contribution in [0.3, 0.4) is 0 Å². The van der Waals surface area contributed by atoms with Gasteiger partial charge in [-0.1, -0.05) is 35.7 Å². The number of aliphatic hydroxyl groups is 1. The summed E-state index contributed by atoms with van der Waals surface area (Å²) in [6.07, 6.45) is 6.51. The average Bonchev–Trinajstić information content (AvgIpc) is 2.27. The molecule has 4 heteroatoms. The van der Waals surface area contributed by atoms with E-state index in [4.69, 9.17) is 9.84 Å². The van der Waals surface area contributed by atoms with Gasteiger partial charge in [-0.2, -0.15) is 0 Å². The molecule has 0 saturated heterocycles. The molecule has 0 aromatic heterocycles. The molecule has 0 bridgehead atoms. The zero-order valence-electron chi connectivity index (χ0n) is 11.4. The van der Waals surface area contributed by atoms with Gasteiger partial charge in [-0.25, -0.2) is 0 Å². The summed E-state index contributed by atoms with van der Waals surface area (Å²) in [5.74, 6) is 0. The van der Waals surface area contributed by atoms with Crippen molar-refractivity contribution in [3.05, 3.63) is 0 Å². The lowest BCUT2D eigenvalue weighted by atomic mass is 10.1. The van der Waals surface area contributed by atoms with E-state index in [0.717, 1.165) is 26.1 Å². The smallest absolute Gasteiger partial charge is 0.156 e. The Kier molecular flexibility index (Phi) is 18.9. The molecule has 0 heterocycles. The lowest BCUT2D eigenvalue weighted by Gasteiger charge is -2.06. The summed E-state index contributed by atoms with van der Waals surface area (Å²) in [5.41, 5.74) is 0. The summed E-state index contributed by atoms with van der Waals surface area (Å²) in [5, 5.41) is 8.89. The van der Waals surface area contributed by atoms with Gasteiger partial charge in [0, 0.05) is 24.5 Å². The molecule has 0 fully saturated rings. The van der Waals surface area contributed by atoms with Crippen LogP contribution in [0.4, 0.5) is 0 Å². The first kappa shape index (κ1) is 19.7. The number of alkyl halides is 1. The standard InChI is InChI=1S/C9H17BrOS.C4H10O/c1-2-5-8(10)6-3-4-7-9(11)12;1-3-5-4-2/h8H,2-7H2,1H3,(H,11,12);3-4H2,1-2H3. The maximum atomic E-state index is 8.74. The highest BCUT2D eigenvalue weighted by Crippen LogP contribution is 2.15. The van der Waals surface area contributed by atoms with E-state index in [2.05, 4.69) is 35.1 Å². The number of rotatable bonds is 9. The first-order chi connectivity index (χ1) is 8.08. The Balaban J connectivity index is 0. The molecule has 17 heavy (non-hydrogen) atoms. The largest absolute Gasteiger partial charge is 0.502 e. The number of unbranched alkanes of at least 4 members (excludes halogenated alkanes) is 1. The van der Waals surface area contributed by atoms with Gasteiger partial charge in [-0.3, -0.25) is 0 Å². The molecule has 1 unspecified atom stereocenters. The Morgan fingerprint density at radius 2 is 1.76 bits per heavy atom.